The summed E-state index contributed by atoms with van der Waals surface area (Å²) in [6.45, 7) is 5.71. The van der Waals surface area contributed by atoms with Crippen LogP contribution in [0.4, 0.5) is 0 Å². The van der Waals surface area contributed by atoms with Crippen LogP contribution in [0, 0.1) is 11.3 Å². The van der Waals surface area contributed by atoms with Gasteiger partial charge in [0, 0.05) is 30.6 Å². The summed E-state index contributed by atoms with van der Waals surface area (Å²) < 4.78 is 5.26. The SMILES string of the molecule is CC(C)(CO)C(N)C1CCOC1. The van der Waals surface area contributed by atoms with Crippen molar-refractivity contribution < 1.29 is 9.84 Å². The monoisotopic (exact) mass is 173 g/mol. The molecule has 2 atom stereocenters. The minimum Gasteiger partial charge on any atom is -0.396 e. The second-order valence-corrected chi connectivity index (χ2v) is 4.30. The number of aliphatic hydroxyl groups is 1. The van der Waals surface area contributed by atoms with E-state index in [1.165, 1.54) is 0 Å². The first-order chi connectivity index (χ1) is 5.58. The van der Waals surface area contributed by atoms with E-state index in [2.05, 4.69) is 0 Å². The Morgan fingerprint density at radius 3 is 2.75 bits per heavy atom. The van der Waals surface area contributed by atoms with Crippen LogP contribution in [0.15, 0.2) is 0 Å². The van der Waals surface area contributed by atoms with Crippen molar-refractivity contribution in [1.82, 2.24) is 0 Å². The summed E-state index contributed by atoms with van der Waals surface area (Å²) >= 11 is 0. The largest absolute Gasteiger partial charge is 0.396 e. The third kappa shape index (κ3) is 1.97. The highest BCUT2D eigenvalue weighted by molar-refractivity contribution is 4.87. The Kier molecular flexibility index (Phi) is 3.09. The molecule has 3 nitrogen and oxygen atoms in total. The molecule has 0 aromatic heterocycles. The van der Waals surface area contributed by atoms with Gasteiger partial charge in [0.15, 0.2) is 0 Å². The zero-order chi connectivity index (χ0) is 9.19. The van der Waals surface area contributed by atoms with Gasteiger partial charge in [-0.05, 0) is 6.42 Å². The van der Waals surface area contributed by atoms with Gasteiger partial charge in [0.2, 0.25) is 0 Å². The van der Waals surface area contributed by atoms with Gasteiger partial charge in [-0.3, -0.25) is 0 Å². The fourth-order valence-corrected chi connectivity index (χ4v) is 1.58. The molecule has 1 aliphatic heterocycles. The molecule has 0 aromatic carbocycles. The molecule has 0 amide bonds. The molecule has 1 heterocycles. The van der Waals surface area contributed by atoms with Gasteiger partial charge >= 0.3 is 0 Å². The number of ether oxygens (including phenoxy) is 1. The number of rotatable bonds is 3. The average molecular weight is 173 g/mol. The molecular weight excluding hydrogens is 154 g/mol. The molecular formula is C9H19NO2. The zero-order valence-electron chi connectivity index (χ0n) is 7.92. The van der Waals surface area contributed by atoms with Crippen LogP contribution >= 0.6 is 0 Å². The zero-order valence-corrected chi connectivity index (χ0v) is 7.92. The second-order valence-electron chi connectivity index (χ2n) is 4.30. The molecule has 1 aliphatic rings. The minimum absolute atomic E-state index is 0.0463. The topological polar surface area (TPSA) is 55.5 Å². The van der Waals surface area contributed by atoms with Crippen LogP contribution in [0.3, 0.4) is 0 Å². The van der Waals surface area contributed by atoms with Gasteiger partial charge in [-0.1, -0.05) is 13.8 Å². The quantitative estimate of drug-likeness (QED) is 0.648. The van der Waals surface area contributed by atoms with Crippen LogP contribution < -0.4 is 5.73 Å². The van der Waals surface area contributed by atoms with Crippen molar-refractivity contribution in [2.45, 2.75) is 26.3 Å². The lowest BCUT2D eigenvalue weighted by Gasteiger charge is -2.33. The molecule has 1 rings (SSSR count). The van der Waals surface area contributed by atoms with Crippen molar-refractivity contribution >= 4 is 0 Å². The molecule has 0 radical (unpaired) electrons. The summed E-state index contributed by atoms with van der Waals surface area (Å²) in [5.74, 6) is 0.423. The molecule has 0 saturated carbocycles. The third-order valence-corrected chi connectivity index (χ3v) is 2.78. The summed E-state index contributed by atoms with van der Waals surface area (Å²) in [4.78, 5) is 0. The van der Waals surface area contributed by atoms with E-state index in [0.29, 0.717) is 5.92 Å². The van der Waals surface area contributed by atoms with E-state index in [0.717, 1.165) is 19.6 Å². The van der Waals surface area contributed by atoms with Gasteiger partial charge in [0.05, 0.1) is 6.61 Å². The maximum atomic E-state index is 9.10. The number of hydrogen-bond donors (Lipinski definition) is 2. The lowest BCUT2D eigenvalue weighted by molar-refractivity contribution is 0.0966. The van der Waals surface area contributed by atoms with Crippen molar-refractivity contribution in [3.05, 3.63) is 0 Å². The van der Waals surface area contributed by atoms with Crippen molar-refractivity contribution in [1.29, 1.82) is 0 Å². The summed E-state index contributed by atoms with van der Waals surface area (Å²) in [5, 5.41) is 9.10. The molecule has 3 heteroatoms. The fraction of sp³-hybridized carbons (Fsp3) is 1.00. The van der Waals surface area contributed by atoms with Crippen LogP contribution in [0.5, 0.6) is 0 Å². The standard InChI is InChI=1S/C9H19NO2/c1-9(2,6-11)8(10)7-3-4-12-5-7/h7-8,11H,3-6,10H2,1-2H3. The molecule has 12 heavy (non-hydrogen) atoms. The molecule has 1 saturated heterocycles. The van der Waals surface area contributed by atoms with E-state index in [4.69, 9.17) is 15.6 Å². The van der Waals surface area contributed by atoms with Crippen LogP contribution in [0.25, 0.3) is 0 Å². The van der Waals surface area contributed by atoms with Crippen molar-refractivity contribution in [2.75, 3.05) is 19.8 Å². The van der Waals surface area contributed by atoms with Crippen molar-refractivity contribution in [2.24, 2.45) is 17.1 Å². The lowest BCUT2D eigenvalue weighted by Crippen LogP contribution is -2.45. The van der Waals surface area contributed by atoms with Crippen LogP contribution in [-0.2, 0) is 4.74 Å². The predicted octanol–water partition coefficient (Wildman–Crippen LogP) is 0.369. The van der Waals surface area contributed by atoms with Crippen LogP contribution in [0.2, 0.25) is 0 Å². The van der Waals surface area contributed by atoms with Gasteiger partial charge < -0.3 is 15.6 Å². The average Bonchev–Trinajstić information content (AvgIpc) is 2.55. The first kappa shape index (κ1) is 9.96. The van der Waals surface area contributed by atoms with Crippen molar-refractivity contribution in [3.8, 4) is 0 Å². The molecule has 72 valence electrons. The molecule has 0 aliphatic carbocycles. The summed E-state index contributed by atoms with van der Waals surface area (Å²) in [5.41, 5.74) is 5.85. The van der Waals surface area contributed by atoms with Crippen molar-refractivity contribution in [3.63, 3.8) is 0 Å². The number of hydrogen-bond acceptors (Lipinski definition) is 3. The Morgan fingerprint density at radius 2 is 2.33 bits per heavy atom. The molecule has 2 unspecified atom stereocenters. The predicted molar refractivity (Wildman–Crippen MR) is 47.8 cm³/mol. The Balaban J connectivity index is 2.50. The van der Waals surface area contributed by atoms with E-state index < -0.39 is 0 Å². The molecule has 1 fully saturated rings. The van der Waals surface area contributed by atoms with E-state index in [1.807, 2.05) is 13.8 Å². The Morgan fingerprint density at radius 1 is 1.67 bits per heavy atom. The molecule has 0 spiro atoms. The van der Waals surface area contributed by atoms with Crippen LogP contribution in [0.1, 0.15) is 20.3 Å². The number of nitrogens with two attached hydrogens (primary N) is 1. The highest BCUT2D eigenvalue weighted by Gasteiger charge is 2.34. The van der Waals surface area contributed by atoms with E-state index >= 15 is 0 Å². The molecule has 0 bridgehead atoms. The Labute approximate surface area is 73.9 Å². The first-order valence-corrected chi connectivity index (χ1v) is 4.52. The van der Waals surface area contributed by atoms with Gasteiger partial charge in [-0.25, -0.2) is 0 Å². The minimum atomic E-state index is -0.182. The molecule has 0 aromatic rings. The van der Waals surface area contributed by atoms with Crippen LogP contribution in [-0.4, -0.2) is 31.0 Å². The van der Waals surface area contributed by atoms with Gasteiger partial charge in [-0.2, -0.15) is 0 Å². The van der Waals surface area contributed by atoms with E-state index in [-0.39, 0.29) is 18.1 Å². The van der Waals surface area contributed by atoms with Gasteiger partial charge in [0.25, 0.3) is 0 Å². The fourth-order valence-electron chi connectivity index (χ4n) is 1.58. The summed E-state index contributed by atoms with van der Waals surface area (Å²) in [6.07, 6.45) is 1.03. The summed E-state index contributed by atoms with van der Waals surface area (Å²) in [7, 11) is 0. The highest BCUT2D eigenvalue weighted by Crippen LogP contribution is 2.28. The smallest absolute Gasteiger partial charge is 0.0510 e. The van der Waals surface area contributed by atoms with Gasteiger partial charge in [-0.15, -0.1) is 0 Å². The van der Waals surface area contributed by atoms with E-state index in [9.17, 15) is 0 Å². The Hall–Kier alpha value is -0.120. The Bertz CT molecular complexity index is 141. The highest BCUT2D eigenvalue weighted by atomic mass is 16.5. The second kappa shape index (κ2) is 3.73. The number of aliphatic hydroxyl groups excluding tert-OH is 1. The maximum Gasteiger partial charge on any atom is 0.0510 e. The maximum absolute atomic E-state index is 9.10. The van der Waals surface area contributed by atoms with E-state index in [1.54, 1.807) is 0 Å². The van der Waals surface area contributed by atoms with Gasteiger partial charge in [0.1, 0.15) is 0 Å². The summed E-state index contributed by atoms with van der Waals surface area (Å²) in [6, 6.07) is 0.0463. The molecule has 3 N–H and O–H groups in total. The normalized spacial score (nSPS) is 27.5. The first-order valence-electron chi connectivity index (χ1n) is 4.52. The lowest BCUT2D eigenvalue weighted by atomic mass is 9.78. The third-order valence-electron chi connectivity index (χ3n) is 2.78.